The van der Waals surface area contributed by atoms with E-state index in [0.29, 0.717) is 10.8 Å². The van der Waals surface area contributed by atoms with Gasteiger partial charge in [0.05, 0.1) is 5.02 Å². The molecule has 0 N–H and O–H groups in total. The van der Waals surface area contributed by atoms with Crippen LogP contribution in [0.5, 0.6) is 11.6 Å². The van der Waals surface area contributed by atoms with Crippen LogP contribution in [-0.2, 0) is 9.84 Å². The lowest BCUT2D eigenvalue weighted by Gasteiger charge is -2.10. The molecule has 0 bridgehead atoms. The normalized spacial score (nSPS) is 11.3. The van der Waals surface area contributed by atoms with Crippen molar-refractivity contribution in [2.75, 3.05) is 6.26 Å². The molecule has 100 valence electrons. The second-order valence-electron chi connectivity index (χ2n) is 3.76. The van der Waals surface area contributed by atoms with Gasteiger partial charge in [-0.05, 0) is 30.3 Å². The van der Waals surface area contributed by atoms with Crippen LogP contribution < -0.4 is 4.74 Å². The predicted molar refractivity (Wildman–Crippen MR) is 76.6 cm³/mol. The zero-order valence-electron chi connectivity index (χ0n) is 9.80. The SMILES string of the molecule is CS(=O)(=O)c1cccnc1Oc1cc(Br)ccc1Cl. The summed E-state index contributed by atoms with van der Waals surface area (Å²) in [6.45, 7) is 0. The number of rotatable bonds is 3. The van der Waals surface area contributed by atoms with Gasteiger partial charge in [-0.2, -0.15) is 0 Å². The number of hydrogen-bond donors (Lipinski definition) is 0. The molecule has 19 heavy (non-hydrogen) atoms. The van der Waals surface area contributed by atoms with Gasteiger partial charge in [-0.25, -0.2) is 13.4 Å². The highest BCUT2D eigenvalue weighted by Gasteiger charge is 2.16. The summed E-state index contributed by atoms with van der Waals surface area (Å²) in [5.74, 6) is 0.338. The summed E-state index contributed by atoms with van der Waals surface area (Å²) < 4.78 is 29.5. The van der Waals surface area contributed by atoms with Crippen LogP contribution in [0, 0.1) is 0 Å². The van der Waals surface area contributed by atoms with Crippen molar-refractivity contribution in [3.8, 4) is 11.6 Å². The van der Waals surface area contributed by atoms with E-state index in [2.05, 4.69) is 20.9 Å². The number of sulfone groups is 1. The van der Waals surface area contributed by atoms with Crippen LogP contribution in [0.3, 0.4) is 0 Å². The Morgan fingerprint density at radius 2 is 2.05 bits per heavy atom. The maximum Gasteiger partial charge on any atom is 0.238 e. The van der Waals surface area contributed by atoms with Crippen molar-refractivity contribution < 1.29 is 13.2 Å². The molecule has 0 saturated carbocycles. The van der Waals surface area contributed by atoms with E-state index in [1.54, 1.807) is 18.2 Å². The number of aromatic nitrogens is 1. The zero-order chi connectivity index (χ0) is 14.0. The molecule has 0 unspecified atom stereocenters. The molecule has 0 atom stereocenters. The first-order valence-electron chi connectivity index (χ1n) is 5.16. The van der Waals surface area contributed by atoms with E-state index in [4.69, 9.17) is 16.3 Å². The predicted octanol–water partition coefficient (Wildman–Crippen LogP) is 3.69. The molecule has 0 fully saturated rings. The van der Waals surface area contributed by atoms with Gasteiger partial charge in [0.2, 0.25) is 5.88 Å². The molecule has 0 radical (unpaired) electrons. The summed E-state index contributed by atoms with van der Waals surface area (Å²) in [4.78, 5) is 3.96. The fourth-order valence-electron chi connectivity index (χ4n) is 1.39. The second kappa shape index (κ2) is 5.48. The number of ether oxygens (including phenoxy) is 1. The summed E-state index contributed by atoms with van der Waals surface area (Å²) in [5, 5.41) is 0.369. The van der Waals surface area contributed by atoms with Crippen molar-refractivity contribution in [3.05, 3.63) is 46.0 Å². The fourth-order valence-corrected chi connectivity index (χ4v) is 2.63. The van der Waals surface area contributed by atoms with Crippen LogP contribution in [0.25, 0.3) is 0 Å². The smallest absolute Gasteiger partial charge is 0.238 e. The Morgan fingerprint density at radius 1 is 1.32 bits per heavy atom. The van der Waals surface area contributed by atoms with Crippen molar-refractivity contribution >= 4 is 37.4 Å². The van der Waals surface area contributed by atoms with E-state index < -0.39 is 9.84 Å². The molecule has 1 aromatic carbocycles. The minimum absolute atomic E-state index is 0.00463. The van der Waals surface area contributed by atoms with E-state index in [0.717, 1.165) is 10.7 Å². The first-order valence-corrected chi connectivity index (χ1v) is 8.22. The Balaban J connectivity index is 2.47. The van der Waals surface area contributed by atoms with Crippen molar-refractivity contribution in [2.24, 2.45) is 0 Å². The number of benzene rings is 1. The number of hydrogen-bond acceptors (Lipinski definition) is 4. The third-order valence-corrected chi connectivity index (χ3v) is 4.15. The molecule has 0 saturated heterocycles. The minimum Gasteiger partial charge on any atom is -0.436 e. The quantitative estimate of drug-likeness (QED) is 0.835. The molecule has 1 heterocycles. The molecule has 2 rings (SSSR count). The summed E-state index contributed by atoms with van der Waals surface area (Å²) in [6.07, 6.45) is 2.55. The van der Waals surface area contributed by atoms with Crippen molar-refractivity contribution in [3.63, 3.8) is 0 Å². The third-order valence-electron chi connectivity index (χ3n) is 2.24. The minimum atomic E-state index is -3.42. The fraction of sp³-hybridized carbons (Fsp3) is 0.0833. The van der Waals surface area contributed by atoms with Crippen molar-refractivity contribution in [2.45, 2.75) is 4.90 Å². The standard InChI is InChI=1S/C12H9BrClNO3S/c1-19(16,17)11-3-2-6-15-12(11)18-10-7-8(13)4-5-9(10)14/h2-7H,1H3. The average molecular weight is 363 g/mol. The molecule has 0 aliphatic heterocycles. The van der Waals surface area contributed by atoms with Gasteiger partial charge < -0.3 is 4.74 Å². The lowest BCUT2D eigenvalue weighted by Crippen LogP contribution is -2.01. The summed E-state index contributed by atoms with van der Waals surface area (Å²) in [7, 11) is -3.42. The Morgan fingerprint density at radius 3 is 2.74 bits per heavy atom. The third kappa shape index (κ3) is 3.46. The molecule has 0 spiro atoms. The zero-order valence-corrected chi connectivity index (χ0v) is 13.0. The number of pyridine rings is 1. The second-order valence-corrected chi connectivity index (χ2v) is 7.06. The van der Waals surface area contributed by atoms with Gasteiger partial charge in [-0.1, -0.05) is 27.5 Å². The van der Waals surface area contributed by atoms with Crippen LogP contribution >= 0.6 is 27.5 Å². The van der Waals surface area contributed by atoms with E-state index in [9.17, 15) is 8.42 Å². The topological polar surface area (TPSA) is 56.3 Å². The van der Waals surface area contributed by atoms with Gasteiger partial charge in [-0.3, -0.25) is 0 Å². The molecular weight excluding hydrogens is 354 g/mol. The van der Waals surface area contributed by atoms with Gasteiger partial charge in [0, 0.05) is 16.9 Å². The largest absolute Gasteiger partial charge is 0.436 e. The summed E-state index contributed by atoms with van der Waals surface area (Å²) in [5.41, 5.74) is 0. The van der Waals surface area contributed by atoms with Gasteiger partial charge in [0.15, 0.2) is 9.84 Å². The lowest BCUT2D eigenvalue weighted by molar-refractivity contribution is 0.447. The van der Waals surface area contributed by atoms with E-state index in [-0.39, 0.29) is 10.8 Å². The first-order chi connectivity index (χ1) is 8.88. The molecule has 0 amide bonds. The van der Waals surface area contributed by atoms with Crippen molar-refractivity contribution in [1.29, 1.82) is 0 Å². The van der Waals surface area contributed by atoms with Gasteiger partial charge >= 0.3 is 0 Å². The molecule has 2 aromatic rings. The molecule has 7 heteroatoms. The maximum atomic E-state index is 11.6. The highest BCUT2D eigenvalue weighted by Crippen LogP contribution is 2.33. The van der Waals surface area contributed by atoms with Gasteiger partial charge in [0.1, 0.15) is 10.6 Å². The maximum absolute atomic E-state index is 11.6. The molecular formula is C12H9BrClNO3S. The van der Waals surface area contributed by atoms with E-state index in [1.165, 1.54) is 18.3 Å². The molecule has 4 nitrogen and oxygen atoms in total. The summed E-state index contributed by atoms with van der Waals surface area (Å²) in [6, 6.07) is 8.01. The van der Waals surface area contributed by atoms with Gasteiger partial charge in [-0.15, -0.1) is 0 Å². The molecule has 0 aliphatic rings. The Bertz CT molecular complexity index is 719. The monoisotopic (exact) mass is 361 g/mol. The number of nitrogens with zero attached hydrogens (tertiary/aromatic N) is 1. The Hall–Kier alpha value is -1.11. The molecule has 0 aliphatic carbocycles. The Kier molecular flexibility index (Phi) is 4.13. The van der Waals surface area contributed by atoms with Gasteiger partial charge in [0.25, 0.3) is 0 Å². The average Bonchev–Trinajstić information content (AvgIpc) is 2.33. The van der Waals surface area contributed by atoms with E-state index in [1.807, 2.05) is 0 Å². The van der Waals surface area contributed by atoms with Crippen LogP contribution in [0.2, 0.25) is 5.02 Å². The van der Waals surface area contributed by atoms with Crippen LogP contribution in [-0.4, -0.2) is 19.7 Å². The summed E-state index contributed by atoms with van der Waals surface area (Å²) >= 11 is 9.28. The molecule has 1 aromatic heterocycles. The van der Waals surface area contributed by atoms with Crippen molar-refractivity contribution in [1.82, 2.24) is 4.98 Å². The number of halogens is 2. The van der Waals surface area contributed by atoms with Crippen LogP contribution in [0.1, 0.15) is 0 Å². The highest BCUT2D eigenvalue weighted by atomic mass is 79.9. The van der Waals surface area contributed by atoms with Crippen LogP contribution in [0.15, 0.2) is 45.9 Å². The lowest BCUT2D eigenvalue weighted by atomic mass is 10.3. The van der Waals surface area contributed by atoms with Crippen LogP contribution in [0.4, 0.5) is 0 Å². The highest BCUT2D eigenvalue weighted by molar-refractivity contribution is 9.10. The van der Waals surface area contributed by atoms with E-state index >= 15 is 0 Å². The first kappa shape index (κ1) is 14.3. The Labute approximate surface area is 124 Å².